The van der Waals surface area contributed by atoms with E-state index in [-0.39, 0.29) is 18.1 Å². The standard InChI is InChI=1S/C7H14O2S.CH4O/c1-5-2-6(4-8)9-7(10)3-5;1-2/h5-8,10H,2-4H2,1H3;2H,1H3. The van der Waals surface area contributed by atoms with Gasteiger partial charge in [-0.2, -0.15) is 0 Å². The predicted octanol–water partition coefficient (Wildman–Crippen LogP) is 0.658. The molecule has 0 radical (unpaired) electrons. The van der Waals surface area contributed by atoms with E-state index in [0.29, 0.717) is 5.92 Å². The van der Waals surface area contributed by atoms with Crippen molar-refractivity contribution in [1.29, 1.82) is 0 Å². The highest BCUT2D eigenvalue weighted by Gasteiger charge is 2.23. The second kappa shape index (κ2) is 6.71. The third kappa shape index (κ3) is 4.30. The zero-order valence-electron chi connectivity index (χ0n) is 7.60. The van der Waals surface area contributed by atoms with Crippen LogP contribution in [0, 0.1) is 5.92 Å². The molecule has 1 aliphatic rings. The summed E-state index contributed by atoms with van der Waals surface area (Å²) in [6.07, 6.45) is 1.99. The van der Waals surface area contributed by atoms with Gasteiger partial charge in [0.05, 0.1) is 12.7 Å². The number of aliphatic hydroxyl groups is 2. The van der Waals surface area contributed by atoms with Crippen molar-refractivity contribution in [2.24, 2.45) is 5.92 Å². The monoisotopic (exact) mass is 194 g/mol. The van der Waals surface area contributed by atoms with Crippen LogP contribution in [0.1, 0.15) is 19.8 Å². The van der Waals surface area contributed by atoms with E-state index in [9.17, 15) is 0 Å². The first-order valence-electron chi connectivity index (χ1n) is 4.11. The average Bonchev–Trinajstić information content (AvgIpc) is 2.06. The predicted molar refractivity (Wildman–Crippen MR) is 51.3 cm³/mol. The SMILES string of the molecule is CC1CC(S)OC(CO)C1.CO. The van der Waals surface area contributed by atoms with Gasteiger partial charge in [0.15, 0.2) is 0 Å². The molecule has 0 aromatic carbocycles. The van der Waals surface area contributed by atoms with Gasteiger partial charge >= 0.3 is 0 Å². The Morgan fingerprint density at radius 1 is 1.42 bits per heavy atom. The van der Waals surface area contributed by atoms with Crippen LogP contribution in [0.3, 0.4) is 0 Å². The molecule has 0 aromatic rings. The minimum Gasteiger partial charge on any atom is -0.400 e. The van der Waals surface area contributed by atoms with E-state index < -0.39 is 0 Å². The molecule has 12 heavy (non-hydrogen) atoms. The molecule has 3 nitrogen and oxygen atoms in total. The van der Waals surface area contributed by atoms with Gasteiger partial charge < -0.3 is 14.9 Å². The normalized spacial score (nSPS) is 35.2. The van der Waals surface area contributed by atoms with E-state index in [1.807, 2.05) is 0 Å². The molecular formula is C8H18O3S. The van der Waals surface area contributed by atoms with Gasteiger partial charge in [-0.05, 0) is 18.8 Å². The molecule has 2 N–H and O–H groups in total. The molecule has 0 aromatic heterocycles. The Kier molecular flexibility index (Phi) is 6.84. The van der Waals surface area contributed by atoms with E-state index in [2.05, 4.69) is 19.6 Å². The highest BCUT2D eigenvalue weighted by molar-refractivity contribution is 7.80. The minimum absolute atomic E-state index is 0.0197. The van der Waals surface area contributed by atoms with Crippen LogP contribution in [0.5, 0.6) is 0 Å². The van der Waals surface area contributed by atoms with Crippen molar-refractivity contribution >= 4 is 12.6 Å². The van der Waals surface area contributed by atoms with Crippen LogP contribution in [-0.4, -0.2) is 35.5 Å². The molecule has 4 heteroatoms. The van der Waals surface area contributed by atoms with Gasteiger partial charge in [0.1, 0.15) is 5.44 Å². The number of aliphatic hydroxyl groups excluding tert-OH is 2. The van der Waals surface area contributed by atoms with E-state index in [0.717, 1.165) is 20.0 Å². The molecule has 1 fully saturated rings. The summed E-state index contributed by atoms with van der Waals surface area (Å²) in [7, 11) is 1.00. The number of rotatable bonds is 1. The van der Waals surface area contributed by atoms with Gasteiger partial charge in [0.25, 0.3) is 0 Å². The molecule has 0 bridgehead atoms. The second-order valence-corrected chi connectivity index (χ2v) is 3.55. The first-order valence-corrected chi connectivity index (χ1v) is 4.63. The molecule has 1 saturated heterocycles. The van der Waals surface area contributed by atoms with E-state index in [1.54, 1.807) is 0 Å². The van der Waals surface area contributed by atoms with Crippen LogP contribution >= 0.6 is 12.6 Å². The van der Waals surface area contributed by atoms with Crippen LogP contribution in [-0.2, 0) is 4.74 Å². The number of ether oxygens (including phenoxy) is 1. The Balaban J connectivity index is 0.000000561. The number of hydrogen-bond acceptors (Lipinski definition) is 4. The van der Waals surface area contributed by atoms with Gasteiger partial charge in [-0.15, -0.1) is 12.6 Å². The van der Waals surface area contributed by atoms with Crippen molar-refractivity contribution in [3.8, 4) is 0 Å². The Hall–Kier alpha value is 0.230. The van der Waals surface area contributed by atoms with E-state index in [1.165, 1.54) is 0 Å². The summed E-state index contributed by atoms with van der Waals surface area (Å²) < 4.78 is 5.32. The molecule has 0 amide bonds. The lowest BCUT2D eigenvalue weighted by molar-refractivity contribution is -0.0495. The van der Waals surface area contributed by atoms with Gasteiger partial charge in [0, 0.05) is 7.11 Å². The van der Waals surface area contributed by atoms with Crippen LogP contribution in [0.2, 0.25) is 0 Å². The Labute approximate surface area is 79.2 Å². The van der Waals surface area contributed by atoms with Gasteiger partial charge in [0.2, 0.25) is 0 Å². The van der Waals surface area contributed by atoms with Crippen molar-refractivity contribution in [2.45, 2.75) is 31.3 Å². The molecule has 0 aliphatic carbocycles. The van der Waals surface area contributed by atoms with Crippen molar-refractivity contribution in [3.05, 3.63) is 0 Å². The number of hydrogen-bond donors (Lipinski definition) is 3. The van der Waals surface area contributed by atoms with E-state index >= 15 is 0 Å². The zero-order chi connectivity index (χ0) is 9.56. The zero-order valence-corrected chi connectivity index (χ0v) is 8.50. The number of thiol groups is 1. The van der Waals surface area contributed by atoms with Gasteiger partial charge in [-0.1, -0.05) is 6.92 Å². The fourth-order valence-corrected chi connectivity index (χ4v) is 1.87. The van der Waals surface area contributed by atoms with Gasteiger partial charge in [-0.25, -0.2) is 0 Å². The fraction of sp³-hybridized carbons (Fsp3) is 1.00. The highest BCUT2D eigenvalue weighted by Crippen LogP contribution is 2.25. The van der Waals surface area contributed by atoms with Crippen LogP contribution < -0.4 is 0 Å². The average molecular weight is 194 g/mol. The van der Waals surface area contributed by atoms with Crippen molar-refractivity contribution in [2.75, 3.05) is 13.7 Å². The van der Waals surface area contributed by atoms with Crippen LogP contribution in [0.4, 0.5) is 0 Å². The molecule has 0 spiro atoms. The maximum absolute atomic E-state index is 8.77. The summed E-state index contributed by atoms with van der Waals surface area (Å²) in [5.41, 5.74) is 0.0286. The molecule has 3 unspecified atom stereocenters. The maximum atomic E-state index is 8.77. The molecule has 1 heterocycles. The second-order valence-electron chi connectivity index (χ2n) is 2.97. The summed E-state index contributed by atoms with van der Waals surface area (Å²) in [4.78, 5) is 0. The molecule has 3 atom stereocenters. The molecule has 1 aliphatic heterocycles. The first kappa shape index (κ1) is 12.2. The Morgan fingerprint density at radius 2 is 2.00 bits per heavy atom. The van der Waals surface area contributed by atoms with Crippen LogP contribution in [0.15, 0.2) is 0 Å². The van der Waals surface area contributed by atoms with Crippen LogP contribution in [0.25, 0.3) is 0 Å². The third-order valence-corrected chi connectivity index (χ3v) is 2.15. The molecule has 74 valence electrons. The maximum Gasteiger partial charge on any atom is 0.101 e. The lowest BCUT2D eigenvalue weighted by Crippen LogP contribution is -2.31. The lowest BCUT2D eigenvalue weighted by Gasteiger charge is -2.30. The highest BCUT2D eigenvalue weighted by atomic mass is 32.1. The van der Waals surface area contributed by atoms with Gasteiger partial charge in [-0.3, -0.25) is 0 Å². The smallest absolute Gasteiger partial charge is 0.101 e. The van der Waals surface area contributed by atoms with Crippen molar-refractivity contribution < 1.29 is 14.9 Å². The molecule has 0 saturated carbocycles. The quantitative estimate of drug-likeness (QED) is 0.537. The summed E-state index contributed by atoms with van der Waals surface area (Å²) in [6.45, 7) is 2.29. The lowest BCUT2D eigenvalue weighted by atomic mass is 9.98. The van der Waals surface area contributed by atoms with Crippen molar-refractivity contribution in [3.63, 3.8) is 0 Å². The Morgan fingerprint density at radius 3 is 2.42 bits per heavy atom. The summed E-state index contributed by atoms with van der Waals surface area (Å²) in [6, 6.07) is 0. The minimum atomic E-state index is 0.0197. The summed E-state index contributed by atoms with van der Waals surface area (Å²) in [5, 5.41) is 15.8. The summed E-state index contributed by atoms with van der Waals surface area (Å²) in [5.74, 6) is 0.633. The molecular weight excluding hydrogens is 176 g/mol. The topological polar surface area (TPSA) is 49.7 Å². The Bertz CT molecular complexity index is 100. The van der Waals surface area contributed by atoms with E-state index in [4.69, 9.17) is 14.9 Å². The van der Waals surface area contributed by atoms with Crippen molar-refractivity contribution in [1.82, 2.24) is 0 Å². The third-order valence-electron chi connectivity index (χ3n) is 1.82. The first-order chi connectivity index (χ1) is 5.72. The summed E-state index contributed by atoms with van der Waals surface area (Å²) >= 11 is 4.20. The molecule has 1 rings (SSSR count). The fourth-order valence-electron chi connectivity index (χ4n) is 1.34. The largest absolute Gasteiger partial charge is 0.400 e.